The summed E-state index contributed by atoms with van der Waals surface area (Å²) < 4.78 is 0. The van der Waals surface area contributed by atoms with E-state index in [1.54, 1.807) is 13.2 Å². The molecule has 5 rings (SSSR count). The molecule has 1 saturated carbocycles. The number of para-hydroxylation sites is 1. The van der Waals surface area contributed by atoms with E-state index in [1.807, 2.05) is 54.6 Å². The Bertz CT molecular complexity index is 2070. The van der Waals surface area contributed by atoms with Crippen LogP contribution in [0.5, 0.6) is 0 Å². The van der Waals surface area contributed by atoms with Crippen LogP contribution in [0.3, 0.4) is 0 Å². The Kier molecular flexibility index (Phi) is 19.6. The van der Waals surface area contributed by atoms with E-state index in [4.69, 9.17) is 17.2 Å². The average Bonchev–Trinajstić information content (AvgIpc) is 3.97. The lowest BCUT2D eigenvalue weighted by atomic mass is 9.84. The molecule has 1 aliphatic carbocycles. The largest absolute Gasteiger partial charge is 0.480 e. The molecule has 2 aliphatic rings. The van der Waals surface area contributed by atoms with Gasteiger partial charge in [-0.05, 0) is 94.5 Å². The number of guanidine groups is 1. The quantitative estimate of drug-likeness (QED) is 0.0332. The van der Waals surface area contributed by atoms with Gasteiger partial charge >= 0.3 is 5.97 Å². The standard InChI is InChI=1S/C47H69N11O7/c1-51-37(26-30-14-4-2-5-15-30)41(59)54-35(20-10-11-23-48)45(63)58-25-13-22-40(58)44(62)57-38(27-31-16-6-3-7-17-31)42(60)56-39(28-32-29-53-34-19-9-8-18-33(32)34)43(61)55-36(46(64)65)21-12-24-52-47(49)50/h2,4-5,8-9,14-15,18-19,29,31,35-40,51,53H,3,6-7,10-13,16-17,20-28,48H2,1H3,(H,54,59)(H,55,61)(H,56,60)(H,57,62)(H,64,65)(H4,49,50,52)/t35-,36-,37-,38+,39-,40+/m0/s1. The number of carboxylic acid groups (broad SMARTS) is 1. The maximum atomic E-state index is 14.6. The van der Waals surface area contributed by atoms with Crippen LogP contribution in [0.2, 0.25) is 0 Å². The second-order valence-corrected chi connectivity index (χ2v) is 17.3. The van der Waals surface area contributed by atoms with E-state index in [9.17, 15) is 33.9 Å². The number of hydrogen-bond acceptors (Lipinski definition) is 9. The number of rotatable bonds is 25. The SMILES string of the molecule is CN[C@@H](Cc1ccccc1)C(=O)N[C@@H](CCCCN)C(=O)N1CCC[C@@H]1C(=O)N[C@H](CC1CCCCC1)C(=O)N[C@@H](Cc1c[nH]c2ccccc12)C(=O)N[C@@H](CCCN=C(N)N)C(=O)O. The van der Waals surface area contributed by atoms with Gasteiger partial charge in [0.1, 0.15) is 30.2 Å². The van der Waals surface area contributed by atoms with Gasteiger partial charge in [-0.2, -0.15) is 0 Å². The van der Waals surface area contributed by atoms with Crippen molar-refractivity contribution in [1.82, 2.24) is 36.5 Å². The van der Waals surface area contributed by atoms with Crippen LogP contribution in [-0.4, -0.2) is 119 Å². The predicted octanol–water partition coefficient (Wildman–Crippen LogP) is 1.71. The van der Waals surface area contributed by atoms with E-state index >= 15 is 0 Å². The minimum Gasteiger partial charge on any atom is -0.480 e. The number of unbranched alkanes of at least 4 members (excludes halogenated alkanes) is 1. The third-order valence-corrected chi connectivity index (χ3v) is 12.6. The van der Waals surface area contributed by atoms with Gasteiger partial charge in [-0.3, -0.25) is 29.0 Å². The maximum Gasteiger partial charge on any atom is 0.326 e. The highest BCUT2D eigenvalue weighted by molar-refractivity contribution is 5.97. The first-order valence-electron chi connectivity index (χ1n) is 23.1. The van der Waals surface area contributed by atoms with Crippen LogP contribution >= 0.6 is 0 Å². The molecule has 2 fully saturated rings. The minimum atomic E-state index is -1.29. The third kappa shape index (κ3) is 15.0. The number of carbonyl (C=O) groups is 6. The lowest BCUT2D eigenvalue weighted by Crippen LogP contribution is -2.59. The molecule has 0 bridgehead atoms. The molecule has 0 radical (unpaired) electrons. The number of nitrogens with two attached hydrogens (primary N) is 3. The van der Waals surface area contributed by atoms with Gasteiger partial charge in [0.2, 0.25) is 29.5 Å². The molecule has 6 atom stereocenters. The summed E-state index contributed by atoms with van der Waals surface area (Å²) in [7, 11) is 1.70. The molecule has 18 nitrogen and oxygen atoms in total. The predicted molar refractivity (Wildman–Crippen MR) is 249 cm³/mol. The fourth-order valence-electron chi connectivity index (χ4n) is 8.99. The summed E-state index contributed by atoms with van der Waals surface area (Å²) in [5.74, 6) is -3.77. The number of aromatic amines is 1. The molecule has 2 aromatic carbocycles. The molecule has 3 aromatic rings. The second kappa shape index (κ2) is 25.5. The smallest absolute Gasteiger partial charge is 0.326 e. The average molecular weight is 900 g/mol. The van der Waals surface area contributed by atoms with E-state index < -0.39 is 59.9 Å². The fraction of sp³-hybridized carbons (Fsp3) is 0.553. The van der Waals surface area contributed by atoms with Gasteiger partial charge in [0, 0.05) is 36.6 Å². The highest BCUT2D eigenvalue weighted by atomic mass is 16.4. The Morgan fingerprint density at radius 2 is 1.42 bits per heavy atom. The number of hydrogen-bond donors (Lipinski definition) is 10. The summed E-state index contributed by atoms with van der Waals surface area (Å²) in [6.45, 7) is 0.883. The lowest BCUT2D eigenvalue weighted by molar-refractivity contribution is -0.143. The van der Waals surface area contributed by atoms with E-state index in [0.717, 1.165) is 54.1 Å². The molecule has 0 unspecified atom stereocenters. The first kappa shape index (κ1) is 50.0. The fourth-order valence-corrected chi connectivity index (χ4v) is 8.99. The molecule has 5 amide bonds. The monoisotopic (exact) mass is 900 g/mol. The van der Waals surface area contributed by atoms with Gasteiger partial charge in [-0.25, -0.2) is 4.79 Å². The zero-order chi connectivity index (χ0) is 46.7. The van der Waals surface area contributed by atoms with Crippen LogP contribution in [-0.2, 0) is 41.6 Å². The van der Waals surface area contributed by atoms with Crippen molar-refractivity contribution in [3.05, 3.63) is 71.9 Å². The van der Waals surface area contributed by atoms with Crippen molar-refractivity contribution < 1.29 is 33.9 Å². The summed E-state index contributed by atoms with van der Waals surface area (Å²) in [6.07, 6.45) is 10.1. The molecule has 1 aliphatic heterocycles. The van der Waals surface area contributed by atoms with Crippen molar-refractivity contribution in [2.45, 2.75) is 133 Å². The first-order valence-corrected chi connectivity index (χ1v) is 23.1. The molecule has 2 heterocycles. The number of aromatic nitrogens is 1. The molecule has 0 spiro atoms. The number of nitrogens with zero attached hydrogens (tertiary/aromatic N) is 2. The summed E-state index contributed by atoms with van der Waals surface area (Å²) in [5.41, 5.74) is 19.2. The summed E-state index contributed by atoms with van der Waals surface area (Å²) in [4.78, 5) is 92.1. The Labute approximate surface area is 381 Å². The first-order chi connectivity index (χ1) is 31.4. The van der Waals surface area contributed by atoms with Gasteiger partial charge in [0.15, 0.2) is 5.96 Å². The highest BCUT2D eigenvalue weighted by Crippen LogP contribution is 2.28. The Morgan fingerprint density at radius 3 is 2.12 bits per heavy atom. The van der Waals surface area contributed by atoms with Crippen molar-refractivity contribution >= 4 is 52.4 Å². The number of likely N-dealkylation sites (N-methyl/N-ethyl adjacent to an activating group) is 1. The van der Waals surface area contributed by atoms with Crippen LogP contribution < -0.4 is 43.8 Å². The number of amides is 5. The Morgan fingerprint density at radius 1 is 0.754 bits per heavy atom. The summed E-state index contributed by atoms with van der Waals surface area (Å²) >= 11 is 0. The van der Waals surface area contributed by atoms with Crippen molar-refractivity contribution in [2.24, 2.45) is 28.1 Å². The second-order valence-electron chi connectivity index (χ2n) is 17.3. The lowest BCUT2D eigenvalue weighted by Gasteiger charge is -2.32. The number of aliphatic carboxylic acids is 1. The van der Waals surface area contributed by atoms with Crippen LogP contribution in [0.1, 0.15) is 94.6 Å². The topological polar surface area (TPSA) is 292 Å². The van der Waals surface area contributed by atoms with Gasteiger partial charge in [-0.1, -0.05) is 80.6 Å². The molecular formula is C47H69N11O7. The maximum absolute atomic E-state index is 14.6. The van der Waals surface area contributed by atoms with Crippen molar-refractivity contribution in [2.75, 3.05) is 26.7 Å². The number of carbonyl (C=O) groups excluding carboxylic acids is 5. The van der Waals surface area contributed by atoms with Crippen molar-refractivity contribution in [3.63, 3.8) is 0 Å². The highest BCUT2D eigenvalue weighted by Gasteiger charge is 2.40. The molecule has 1 aromatic heterocycles. The number of fused-ring (bicyclic) bond motifs is 1. The zero-order valence-electron chi connectivity index (χ0n) is 37.6. The number of likely N-dealkylation sites (tertiary alicyclic amines) is 1. The van der Waals surface area contributed by atoms with Crippen molar-refractivity contribution in [1.29, 1.82) is 0 Å². The van der Waals surface area contributed by atoms with Crippen molar-refractivity contribution in [3.8, 4) is 0 Å². The van der Waals surface area contributed by atoms with Gasteiger partial charge in [0.05, 0.1) is 6.04 Å². The minimum absolute atomic E-state index is 0.0218. The van der Waals surface area contributed by atoms with Gasteiger partial charge in [-0.15, -0.1) is 0 Å². The van der Waals surface area contributed by atoms with Crippen LogP contribution in [0, 0.1) is 5.92 Å². The Balaban J connectivity index is 1.35. The summed E-state index contributed by atoms with van der Waals surface area (Å²) in [5, 5.41) is 25.4. The number of nitrogens with one attached hydrogen (secondary N) is 6. The number of H-pyrrole nitrogens is 1. The van der Waals surface area contributed by atoms with E-state index in [1.165, 1.54) is 4.90 Å². The number of aliphatic imine (C=N–C) groups is 1. The van der Waals surface area contributed by atoms with Gasteiger partial charge in [0.25, 0.3) is 0 Å². The molecule has 354 valence electrons. The van der Waals surface area contributed by atoms with E-state index in [2.05, 4.69) is 36.6 Å². The summed E-state index contributed by atoms with van der Waals surface area (Å²) in [6, 6.07) is 11.1. The van der Waals surface area contributed by atoms with E-state index in [0.29, 0.717) is 58.0 Å². The van der Waals surface area contributed by atoms with Crippen LogP contribution in [0.4, 0.5) is 0 Å². The molecule has 13 N–H and O–H groups in total. The van der Waals surface area contributed by atoms with E-state index in [-0.39, 0.29) is 49.5 Å². The van der Waals surface area contributed by atoms with Crippen LogP contribution in [0.25, 0.3) is 10.9 Å². The number of carboxylic acids is 1. The molecule has 1 saturated heterocycles. The van der Waals surface area contributed by atoms with Crippen LogP contribution in [0.15, 0.2) is 65.8 Å². The molecule has 65 heavy (non-hydrogen) atoms. The molecule has 18 heteroatoms. The normalized spacial score (nSPS) is 17.6. The number of benzene rings is 2. The zero-order valence-corrected chi connectivity index (χ0v) is 37.6. The third-order valence-electron chi connectivity index (χ3n) is 12.6. The molecular weight excluding hydrogens is 831 g/mol. The Hall–Kier alpha value is -6.01. The van der Waals surface area contributed by atoms with Gasteiger partial charge < -0.3 is 58.8 Å².